The van der Waals surface area contributed by atoms with Gasteiger partial charge in [-0.1, -0.05) is 19.3 Å². The second-order valence-electron chi connectivity index (χ2n) is 4.30. The molecule has 0 aromatic rings. The number of aliphatic hydroxyl groups is 1. The summed E-state index contributed by atoms with van der Waals surface area (Å²) < 4.78 is 0. The van der Waals surface area contributed by atoms with Crippen molar-refractivity contribution in [3.05, 3.63) is 0 Å². The van der Waals surface area contributed by atoms with Crippen LogP contribution in [-0.2, 0) is 0 Å². The number of likely N-dealkylation sites (tertiary alicyclic amines) is 1. The van der Waals surface area contributed by atoms with Gasteiger partial charge in [0.05, 0.1) is 6.10 Å². The maximum atomic E-state index is 9.38. The van der Waals surface area contributed by atoms with Crippen LogP contribution in [0, 0.1) is 0 Å². The largest absolute Gasteiger partial charge is 0.390 e. The summed E-state index contributed by atoms with van der Waals surface area (Å²) in [6.45, 7) is 3.06. The molecule has 0 radical (unpaired) electrons. The highest BCUT2D eigenvalue weighted by atomic mass is 16.3. The fourth-order valence-electron chi connectivity index (χ4n) is 2.51. The third-order valence-electron chi connectivity index (χ3n) is 3.52. The van der Waals surface area contributed by atoms with Crippen molar-refractivity contribution in [3.63, 3.8) is 0 Å². The Morgan fingerprint density at radius 2 is 1.83 bits per heavy atom. The maximum absolute atomic E-state index is 9.38. The molecule has 1 saturated carbocycles. The zero-order chi connectivity index (χ0) is 8.55. The molecule has 1 heterocycles. The summed E-state index contributed by atoms with van der Waals surface area (Å²) in [6, 6.07) is 1.21. The quantitative estimate of drug-likeness (QED) is 0.641. The van der Waals surface area contributed by atoms with Crippen molar-refractivity contribution in [1.29, 1.82) is 0 Å². The summed E-state index contributed by atoms with van der Waals surface area (Å²) >= 11 is 0. The molecular weight excluding hydrogens is 150 g/mol. The first kappa shape index (κ1) is 8.52. The summed E-state index contributed by atoms with van der Waals surface area (Å²) in [5, 5.41) is 9.38. The zero-order valence-corrected chi connectivity index (χ0v) is 7.87. The lowest BCUT2D eigenvalue weighted by atomic mass is 9.89. The SMILES string of the molecule is C[C@@H]1[C@H](O)CN1C1CCCCC1. The topological polar surface area (TPSA) is 23.5 Å². The first-order valence-corrected chi connectivity index (χ1v) is 5.23. The summed E-state index contributed by atoms with van der Waals surface area (Å²) in [4.78, 5) is 2.48. The monoisotopic (exact) mass is 169 g/mol. The standard InChI is InChI=1S/C10H19NO/c1-8-10(12)7-11(8)9-5-3-2-4-6-9/h8-10,12H,2-7H2,1H3/t8-,10-/m1/s1. The smallest absolute Gasteiger partial charge is 0.0819 e. The van der Waals surface area contributed by atoms with Crippen LogP contribution in [0.1, 0.15) is 39.0 Å². The van der Waals surface area contributed by atoms with Crippen LogP contribution in [0.2, 0.25) is 0 Å². The molecule has 1 aliphatic heterocycles. The van der Waals surface area contributed by atoms with Crippen molar-refractivity contribution >= 4 is 0 Å². The van der Waals surface area contributed by atoms with Crippen LogP contribution in [0.3, 0.4) is 0 Å². The van der Waals surface area contributed by atoms with Gasteiger partial charge in [-0.3, -0.25) is 4.90 Å². The van der Waals surface area contributed by atoms with Crippen molar-refractivity contribution in [2.45, 2.75) is 57.2 Å². The molecule has 1 aliphatic carbocycles. The lowest BCUT2D eigenvalue weighted by Gasteiger charge is -2.49. The van der Waals surface area contributed by atoms with E-state index < -0.39 is 0 Å². The zero-order valence-electron chi connectivity index (χ0n) is 7.87. The lowest BCUT2D eigenvalue weighted by Crippen LogP contribution is -2.62. The number of nitrogens with zero attached hydrogens (tertiary/aromatic N) is 1. The predicted molar refractivity (Wildman–Crippen MR) is 49.0 cm³/mol. The molecule has 1 N–H and O–H groups in total. The fourth-order valence-corrected chi connectivity index (χ4v) is 2.51. The number of β-amino-alcohol motifs (C(OH)–C–C–N with tert-alkyl or cyclic N) is 1. The van der Waals surface area contributed by atoms with Crippen LogP contribution in [0.15, 0.2) is 0 Å². The molecule has 2 rings (SSSR count). The van der Waals surface area contributed by atoms with E-state index in [4.69, 9.17) is 0 Å². The van der Waals surface area contributed by atoms with Crippen molar-refractivity contribution in [3.8, 4) is 0 Å². The molecule has 12 heavy (non-hydrogen) atoms. The number of aliphatic hydroxyl groups excluding tert-OH is 1. The average molecular weight is 169 g/mol. The Balaban J connectivity index is 1.84. The molecule has 0 aromatic carbocycles. The van der Waals surface area contributed by atoms with Crippen molar-refractivity contribution in [1.82, 2.24) is 4.90 Å². The third-order valence-corrected chi connectivity index (χ3v) is 3.52. The number of rotatable bonds is 1. The predicted octanol–water partition coefficient (Wildman–Crippen LogP) is 1.38. The average Bonchev–Trinajstić information content (AvgIpc) is 2.15. The van der Waals surface area contributed by atoms with E-state index in [9.17, 15) is 5.11 Å². The molecule has 0 aromatic heterocycles. The minimum Gasteiger partial charge on any atom is -0.390 e. The second-order valence-corrected chi connectivity index (χ2v) is 4.30. The van der Waals surface area contributed by atoms with E-state index in [-0.39, 0.29) is 6.10 Å². The van der Waals surface area contributed by atoms with E-state index in [1.165, 1.54) is 32.1 Å². The maximum Gasteiger partial charge on any atom is 0.0819 e. The van der Waals surface area contributed by atoms with E-state index in [2.05, 4.69) is 11.8 Å². The van der Waals surface area contributed by atoms with E-state index in [0.29, 0.717) is 6.04 Å². The van der Waals surface area contributed by atoms with Gasteiger partial charge in [-0.05, 0) is 19.8 Å². The number of hydrogen-bond donors (Lipinski definition) is 1. The van der Waals surface area contributed by atoms with E-state index >= 15 is 0 Å². The van der Waals surface area contributed by atoms with Gasteiger partial charge in [0, 0.05) is 18.6 Å². The highest BCUT2D eigenvalue weighted by Gasteiger charge is 2.38. The van der Waals surface area contributed by atoms with Crippen LogP contribution < -0.4 is 0 Å². The first-order valence-electron chi connectivity index (χ1n) is 5.23. The van der Waals surface area contributed by atoms with Crippen molar-refractivity contribution < 1.29 is 5.11 Å². The molecule has 0 spiro atoms. The third kappa shape index (κ3) is 1.38. The summed E-state index contributed by atoms with van der Waals surface area (Å²) in [6.07, 6.45) is 6.87. The van der Waals surface area contributed by atoms with Gasteiger partial charge >= 0.3 is 0 Å². The van der Waals surface area contributed by atoms with Crippen molar-refractivity contribution in [2.75, 3.05) is 6.54 Å². The first-order chi connectivity index (χ1) is 5.79. The van der Waals surface area contributed by atoms with E-state index in [1.807, 2.05) is 0 Å². The Bertz CT molecular complexity index is 151. The van der Waals surface area contributed by atoms with Gasteiger partial charge in [0.2, 0.25) is 0 Å². The normalized spacial score (nSPS) is 39.5. The molecule has 2 fully saturated rings. The summed E-state index contributed by atoms with van der Waals surface area (Å²) in [5.41, 5.74) is 0. The molecule has 2 nitrogen and oxygen atoms in total. The molecule has 1 saturated heterocycles. The fraction of sp³-hybridized carbons (Fsp3) is 1.00. The minimum atomic E-state index is -0.0491. The summed E-state index contributed by atoms with van der Waals surface area (Å²) in [7, 11) is 0. The molecule has 70 valence electrons. The highest BCUT2D eigenvalue weighted by molar-refractivity contribution is 4.93. The van der Waals surface area contributed by atoms with Gasteiger partial charge < -0.3 is 5.11 Å². The van der Waals surface area contributed by atoms with Gasteiger partial charge in [0.15, 0.2) is 0 Å². The number of hydrogen-bond acceptors (Lipinski definition) is 2. The minimum absolute atomic E-state index is 0.0491. The molecule has 2 heteroatoms. The Morgan fingerprint density at radius 1 is 1.17 bits per heavy atom. The van der Waals surface area contributed by atoms with Gasteiger partial charge in [-0.2, -0.15) is 0 Å². The molecular formula is C10H19NO. The van der Waals surface area contributed by atoms with Crippen LogP contribution in [0.4, 0.5) is 0 Å². The molecule has 0 unspecified atom stereocenters. The summed E-state index contributed by atoms with van der Waals surface area (Å²) in [5.74, 6) is 0. The molecule has 2 aliphatic rings. The Morgan fingerprint density at radius 3 is 2.33 bits per heavy atom. The van der Waals surface area contributed by atoms with Crippen LogP contribution in [0.5, 0.6) is 0 Å². The van der Waals surface area contributed by atoms with Gasteiger partial charge in [-0.15, -0.1) is 0 Å². The second kappa shape index (κ2) is 3.35. The molecule has 0 amide bonds. The Labute approximate surface area is 74.6 Å². The van der Waals surface area contributed by atoms with Crippen molar-refractivity contribution in [2.24, 2.45) is 0 Å². The van der Waals surface area contributed by atoms with Gasteiger partial charge in [0.1, 0.15) is 0 Å². The Kier molecular flexibility index (Phi) is 2.37. The Hall–Kier alpha value is -0.0800. The van der Waals surface area contributed by atoms with Crippen LogP contribution >= 0.6 is 0 Å². The van der Waals surface area contributed by atoms with E-state index in [1.54, 1.807) is 0 Å². The lowest BCUT2D eigenvalue weighted by molar-refractivity contribution is -0.0834. The van der Waals surface area contributed by atoms with Crippen LogP contribution in [-0.4, -0.2) is 34.7 Å². The molecule has 0 bridgehead atoms. The van der Waals surface area contributed by atoms with Gasteiger partial charge in [0.25, 0.3) is 0 Å². The van der Waals surface area contributed by atoms with Crippen LogP contribution in [0.25, 0.3) is 0 Å². The van der Waals surface area contributed by atoms with Gasteiger partial charge in [-0.25, -0.2) is 0 Å². The van der Waals surface area contributed by atoms with E-state index in [0.717, 1.165) is 12.6 Å². The molecule has 2 atom stereocenters. The highest BCUT2D eigenvalue weighted by Crippen LogP contribution is 2.29.